The Balaban J connectivity index is 1.54. The van der Waals surface area contributed by atoms with Gasteiger partial charge in [0.15, 0.2) is 5.78 Å². The summed E-state index contributed by atoms with van der Waals surface area (Å²) >= 11 is 5.97. The van der Waals surface area contributed by atoms with Crippen molar-refractivity contribution in [3.8, 4) is 0 Å². The summed E-state index contributed by atoms with van der Waals surface area (Å²) in [6.07, 6.45) is 4.77. The minimum absolute atomic E-state index is 0.00274. The van der Waals surface area contributed by atoms with E-state index in [9.17, 15) is 19.2 Å². The van der Waals surface area contributed by atoms with Crippen LogP contribution in [0.2, 0.25) is 5.02 Å². The van der Waals surface area contributed by atoms with E-state index in [1.54, 1.807) is 31.2 Å². The van der Waals surface area contributed by atoms with E-state index in [4.69, 9.17) is 11.6 Å². The van der Waals surface area contributed by atoms with Gasteiger partial charge in [-0.05, 0) is 56.4 Å². The molecule has 5 rings (SSSR count). The van der Waals surface area contributed by atoms with Gasteiger partial charge in [-0.2, -0.15) is 5.01 Å². The van der Waals surface area contributed by atoms with Crippen molar-refractivity contribution in [2.24, 2.45) is 23.7 Å². The van der Waals surface area contributed by atoms with E-state index in [-0.39, 0.29) is 23.2 Å². The molecule has 2 bridgehead atoms. The Morgan fingerprint density at radius 3 is 1.97 bits per heavy atom. The number of allylic oxidation sites excluding steroid dienone is 2. The number of carbonyl (C=O) groups is 4. The zero-order valence-electron chi connectivity index (χ0n) is 18.3. The number of aryl methyl sites for hydroxylation is 1. The monoisotopic (exact) mass is 462 g/mol. The summed E-state index contributed by atoms with van der Waals surface area (Å²) in [5, 5.41) is 2.44. The van der Waals surface area contributed by atoms with Crippen molar-refractivity contribution in [3.63, 3.8) is 0 Å². The zero-order chi connectivity index (χ0) is 23.4. The topological polar surface area (TPSA) is 74.8 Å². The average molecular weight is 463 g/mol. The van der Waals surface area contributed by atoms with Gasteiger partial charge in [-0.15, -0.1) is 0 Å². The lowest BCUT2D eigenvalue weighted by atomic mass is 9.85. The van der Waals surface area contributed by atoms with Gasteiger partial charge in [0.2, 0.25) is 0 Å². The second kappa shape index (κ2) is 7.96. The Hall–Kier alpha value is -3.25. The van der Waals surface area contributed by atoms with Crippen LogP contribution in [0.25, 0.3) is 0 Å². The lowest BCUT2D eigenvalue weighted by Crippen LogP contribution is -2.56. The third-order valence-electron chi connectivity index (χ3n) is 7.04. The van der Waals surface area contributed by atoms with Crippen LogP contribution < -0.4 is 0 Å². The standard InChI is InChI=1S/C26H23ClN2O4/c1-14-3-5-16(6-4-14)23(30)15(2)28(24(31)17-9-11-20(27)12-10-17)29-25(32)21-18-7-8-19(13-18)22(21)26(29)33/h3-12,15,18-19,21-22H,13H2,1-2H3/t15-,18-,19-,21+,22+/m0/s1. The predicted molar refractivity (Wildman–Crippen MR) is 122 cm³/mol. The molecule has 1 saturated carbocycles. The number of imide groups is 1. The number of Topliss-reactive ketones (excluding diaryl/α,β-unsaturated/α-hetero) is 1. The molecular formula is C26H23ClN2O4. The number of carbonyl (C=O) groups excluding carboxylic acids is 4. The van der Waals surface area contributed by atoms with E-state index in [2.05, 4.69) is 0 Å². The fraction of sp³-hybridized carbons (Fsp3) is 0.308. The molecule has 2 aromatic carbocycles. The number of benzene rings is 2. The molecule has 5 atom stereocenters. The van der Waals surface area contributed by atoms with Crippen molar-refractivity contribution < 1.29 is 19.2 Å². The molecule has 0 N–H and O–H groups in total. The van der Waals surface area contributed by atoms with Gasteiger partial charge in [-0.1, -0.05) is 53.6 Å². The molecule has 7 heteroatoms. The fourth-order valence-corrected chi connectivity index (χ4v) is 5.46. The van der Waals surface area contributed by atoms with Crippen LogP contribution in [0.15, 0.2) is 60.7 Å². The van der Waals surface area contributed by atoms with Gasteiger partial charge >= 0.3 is 0 Å². The van der Waals surface area contributed by atoms with Gasteiger partial charge in [-0.25, -0.2) is 5.01 Å². The molecule has 0 spiro atoms. The van der Waals surface area contributed by atoms with Gasteiger partial charge in [-0.3, -0.25) is 19.2 Å². The summed E-state index contributed by atoms with van der Waals surface area (Å²) in [5.74, 6) is -2.73. The van der Waals surface area contributed by atoms with Gasteiger partial charge in [0.1, 0.15) is 6.04 Å². The largest absolute Gasteiger partial charge is 0.292 e. The summed E-state index contributed by atoms with van der Waals surface area (Å²) in [4.78, 5) is 53.9. The van der Waals surface area contributed by atoms with Crippen molar-refractivity contribution in [3.05, 3.63) is 82.4 Å². The van der Waals surface area contributed by atoms with Crippen molar-refractivity contribution >= 4 is 35.1 Å². The molecule has 2 aliphatic carbocycles. The molecule has 0 radical (unpaired) electrons. The predicted octanol–water partition coefficient (Wildman–Crippen LogP) is 4.08. The highest BCUT2D eigenvalue weighted by Crippen LogP contribution is 2.53. The number of nitrogens with zero attached hydrogens (tertiary/aromatic N) is 2. The second-order valence-electron chi connectivity index (χ2n) is 9.05. The van der Waals surface area contributed by atoms with Gasteiger partial charge in [0, 0.05) is 16.1 Å². The molecular weight excluding hydrogens is 440 g/mol. The van der Waals surface area contributed by atoms with E-state index in [1.807, 2.05) is 31.2 Å². The number of hydrazine groups is 1. The smallest absolute Gasteiger partial charge is 0.273 e. The molecule has 0 unspecified atom stereocenters. The van der Waals surface area contributed by atoms with Crippen molar-refractivity contribution in [2.45, 2.75) is 26.3 Å². The summed E-state index contributed by atoms with van der Waals surface area (Å²) in [6, 6.07) is 12.1. The molecule has 1 aliphatic heterocycles. The number of ketones is 1. The lowest BCUT2D eigenvalue weighted by Gasteiger charge is -2.35. The van der Waals surface area contributed by atoms with Crippen molar-refractivity contribution in [1.29, 1.82) is 0 Å². The highest BCUT2D eigenvalue weighted by Gasteiger charge is 2.61. The van der Waals surface area contributed by atoms with E-state index < -0.39 is 35.6 Å². The lowest BCUT2D eigenvalue weighted by molar-refractivity contribution is -0.157. The summed E-state index contributed by atoms with van der Waals surface area (Å²) in [6.45, 7) is 3.47. The number of halogens is 1. The van der Waals surface area contributed by atoms with Gasteiger partial charge in [0.25, 0.3) is 17.7 Å². The number of amides is 3. The summed E-state index contributed by atoms with van der Waals surface area (Å²) < 4.78 is 0. The minimum atomic E-state index is -1.06. The zero-order valence-corrected chi connectivity index (χ0v) is 19.0. The number of hydrogen-bond acceptors (Lipinski definition) is 4. The van der Waals surface area contributed by atoms with Gasteiger partial charge in [0.05, 0.1) is 11.8 Å². The summed E-state index contributed by atoms with van der Waals surface area (Å²) in [7, 11) is 0. The average Bonchev–Trinajstić information content (AvgIpc) is 3.49. The van der Waals surface area contributed by atoms with Crippen LogP contribution in [0.4, 0.5) is 0 Å². The Bertz CT molecular complexity index is 1160. The molecule has 1 saturated heterocycles. The molecule has 2 aromatic rings. The molecule has 33 heavy (non-hydrogen) atoms. The van der Waals surface area contributed by atoms with E-state index in [1.165, 1.54) is 12.1 Å². The van der Waals surface area contributed by atoms with E-state index in [0.29, 0.717) is 10.6 Å². The van der Waals surface area contributed by atoms with Crippen LogP contribution in [0, 0.1) is 30.6 Å². The molecule has 6 nitrogen and oxygen atoms in total. The van der Waals surface area contributed by atoms with E-state index in [0.717, 1.165) is 22.0 Å². The van der Waals surface area contributed by atoms with E-state index >= 15 is 0 Å². The maximum Gasteiger partial charge on any atom is 0.273 e. The van der Waals surface area contributed by atoms with Crippen molar-refractivity contribution in [1.82, 2.24) is 10.0 Å². The van der Waals surface area contributed by atoms with Crippen LogP contribution in [-0.2, 0) is 9.59 Å². The van der Waals surface area contributed by atoms with Gasteiger partial charge < -0.3 is 0 Å². The Kier molecular flexibility index (Phi) is 5.20. The number of hydrogen-bond donors (Lipinski definition) is 0. The van der Waals surface area contributed by atoms with Crippen LogP contribution in [0.3, 0.4) is 0 Å². The molecule has 1 heterocycles. The highest BCUT2D eigenvalue weighted by atomic mass is 35.5. The first kappa shape index (κ1) is 21.6. The third-order valence-corrected chi connectivity index (χ3v) is 7.30. The first-order chi connectivity index (χ1) is 15.8. The minimum Gasteiger partial charge on any atom is -0.292 e. The first-order valence-electron chi connectivity index (χ1n) is 11.0. The molecule has 2 fully saturated rings. The quantitative estimate of drug-likeness (QED) is 0.381. The Morgan fingerprint density at radius 1 is 0.909 bits per heavy atom. The van der Waals surface area contributed by atoms with Crippen LogP contribution >= 0.6 is 11.6 Å². The fourth-order valence-electron chi connectivity index (χ4n) is 5.33. The molecule has 3 aliphatic rings. The van der Waals surface area contributed by atoms with Crippen LogP contribution in [0.5, 0.6) is 0 Å². The summed E-state index contributed by atoms with van der Waals surface area (Å²) in [5.41, 5.74) is 1.64. The van der Waals surface area contributed by atoms with Crippen LogP contribution in [0.1, 0.15) is 39.6 Å². The molecule has 168 valence electrons. The Morgan fingerprint density at radius 2 is 1.42 bits per heavy atom. The number of fused-ring (bicyclic) bond motifs is 5. The number of rotatable bonds is 5. The maximum atomic E-state index is 13.6. The Labute approximate surface area is 196 Å². The second-order valence-corrected chi connectivity index (χ2v) is 9.49. The maximum absolute atomic E-state index is 13.6. The highest BCUT2D eigenvalue weighted by molar-refractivity contribution is 6.30. The third kappa shape index (κ3) is 3.40. The first-order valence-corrected chi connectivity index (χ1v) is 11.4. The SMILES string of the molecule is Cc1ccc(C(=O)[C@H](C)N(C(=O)c2ccc(Cl)cc2)N2C(=O)[C@H]3[C@H](C2=O)[C@H]2C=C[C@H]3C2)cc1. The van der Waals surface area contributed by atoms with Crippen LogP contribution in [-0.4, -0.2) is 39.6 Å². The molecule has 3 amide bonds. The molecule has 0 aromatic heterocycles. The van der Waals surface area contributed by atoms with Crippen molar-refractivity contribution in [2.75, 3.05) is 0 Å². The normalized spacial score (nSPS) is 26.0.